The monoisotopic (exact) mass is 235 g/mol. The Labute approximate surface area is 103 Å². The van der Waals surface area contributed by atoms with Crippen LogP contribution in [0.3, 0.4) is 0 Å². The van der Waals surface area contributed by atoms with Crippen LogP contribution >= 0.6 is 0 Å². The number of benzene rings is 1. The Morgan fingerprint density at radius 3 is 2.88 bits per heavy atom. The average molecular weight is 235 g/mol. The second-order valence-corrected chi connectivity index (χ2v) is 5.17. The van der Waals surface area contributed by atoms with Crippen LogP contribution in [0.2, 0.25) is 0 Å². The van der Waals surface area contributed by atoms with Crippen LogP contribution in [0.25, 0.3) is 0 Å². The maximum atomic E-state index is 13.1. The Hall–Kier alpha value is -0.890. The van der Waals surface area contributed by atoms with Crippen molar-refractivity contribution in [1.82, 2.24) is 5.32 Å². The van der Waals surface area contributed by atoms with E-state index >= 15 is 0 Å². The first kappa shape index (κ1) is 12.6. The van der Waals surface area contributed by atoms with Crippen molar-refractivity contribution >= 4 is 0 Å². The van der Waals surface area contributed by atoms with Crippen LogP contribution in [0.4, 0.5) is 4.39 Å². The largest absolute Gasteiger partial charge is 0.314 e. The van der Waals surface area contributed by atoms with Crippen LogP contribution in [-0.4, -0.2) is 12.6 Å². The fourth-order valence-corrected chi connectivity index (χ4v) is 2.30. The van der Waals surface area contributed by atoms with Crippen molar-refractivity contribution in [2.75, 3.05) is 6.54 Å². The van der Waals surface area contributed by atoms with Crippen LogP contribution in [-0.2, 0) is 6.42 Å². The van der Waals surface area contributed by atoms with Gasteiger partial charge in [0.2, 0.25) is 0 Å². The molecule has 1 aromatic carbocycles. The third kappa shape index (κ3) is 4.47. The van der Waals surface area contributed by atoms with Crippen LogP contribution in [0.1, 0.15) is 38.2 Å². The molecule has 1 N–H and O–H groups in total. The van der Waals surface area contributed by atoms with Gasteiger partial charge < -0.3 is 5.32 Å². The Bertz CT molecular complexity index is 347. The molecule has 1 saturated carbocycles. The zero-order valence-corrected chi connectivity index (χ0v) is 10.6. The number of nitrogens with one attached hydrogen (secondary N) is 1. The summed E-state index contributed by atoms with van der Waals surface area (Å²) in [5.41, 5.74) is 1.13. The van der Waals surface area contributed by atoms with Crippen molar-refractivity contribution in [3.63, 3.8) is 0 Å². The van der Waals surface area contributed by atoms with Crippen molar-refractivity contribution in [1.29, 1.82) is 0 Å². The van der Waals surface area contributed by atoms with Gasteiger partial charge in [-0.25, -0.2) is 4.39 Å². The fourth-order valence-electron chi connectivity index (χ4n) is 2.30. The molecule has 1 aliphatic rings. The van der Waals surface area contributed by atoms with E-state index in [1.54, 1.807) is 6.07 Å². The minimum atomic E-state index is -0.118. The summed E-state index contributed by atoms with van der Waals surface area (Å²) < 4.78 is 13.1. The SMILES string of the molecule is CCCC(CNC1CC1)Cc1cccc(F)c1. The van der Waals surface area contributed by atoms with Gasteiger partial charge in [0.05, 0.1) is 0 Å². The maximum absolute atomic E-state index is 13.1. The molecule has 1 aromatic rings. The van der Waals surface area contributed by atoms with E-state index in [9.17, 15) is 4.39 Å². The highest BCUT2D eigenvalue weighted by Gasteiger charge is 2.21. The predicted octanol–water partition coefficient (Wildman–Crippen LogP) is 3.54. The summed E-state index contributed by atoms with van der Waals surface area (Å²) in [6.45, 7) is 3.30. The summed E-state index contributed by atoms with van der Waals surface area (Å²) >= 11 is 0. The number of rotatable bonds is 7. The molecule has 0 spiro atoms. The number of halogens is 1. The van der Waals surface area contributed by atoms with Crippen LogP contribution in [0.15, 0.2) is 24.3 Å². The average Bonchev–Trinajstić information content (AvgIpc) is 3.10. The molecule has 0 saturated heterocycles. The fraction of sp³-hybridized carbons (Fsp3) is 0.600. The van der Waals surface area contributed by atoms with Gasteiger partial charge in [-0.3, -0.25) is 0 Å². The minimum Gasteiger partial charge on any atom is -0.314 e. The molecule has 1 atom stereocenters. The highest BCUT2D eigenvalue weighted by atomic mass is 19.1. The first-order valence-electron chi connectivity index (χ1n) is 6.75. The molecule has 0 aromatic heterocycles. The molecule has 94 valence electrons. The summed E-state index contributed by atoms with van der Waals surface area (Å²) in [4.78, 5) is 0. The molecule has 17 heavy (non-hydrogen) atoms. The standard InChI is InChI=1S/C15H22FN/c1-2-4-13(11-17-15-7-8-15)9-12-5-3-6-14(16)10-12/h3,5-6,10,13,15,17H,2,4,7-9,11H2,1H3. The lowest BCUT2D eigenvalue weighted by Crippen LogP contribution is -2.26. The molecule has 2 rings (SSSR count). The van der Waals surface area contributed by atoms with Crippen molar-refractivity contribution in [2.24, 2.45) is 5.92 Å². The molecule has 1 nitrogen and oxygen atoms in total. The van der Waals surface area contributed by atoms with E-state index in [-0.39, 0.29) is 5.82 Å². The summed E-state index contributed by atoms with van der Waals surface area (Å²) in [5.74, 6) is 0.523. The zero-order chi connectivity index (χ0) is 12.1. The van der Waals surface area contributed by atoms with Gasteiger partial charge in [0.25, 0.3) is 0 Å². The molecule has 2 heteroatoms. The van der Waals surface area contributed by atoms with Crippen molar-refractivity contribution in [3.8, 4) is 0 Å². The Morgan fingerprint density at radius 2 is 2.24 bits per heavy atom. The summed E-state index contributed by atoms with van der Waals surface area (Å²) in [7, 11) is 0. The summed E-state index contributed by atoms with van der Waals surface area (Å²) in [5, 5.41) is 3.58. The highest BCUT2D eigenvalue weighted by molar-refractivity contribution is 5.16. The second-order valence-electron chi connectivity index (χ2n) is 5.17. The van der Waals surface area contributed by atoms with E-state index < -0.39 is 0 Å². The first-order chi connectivity index (χ1) is 8.28. The Balaban J connectivity index is 1.86. The van der Waals surface area contributed by atoms with Crippen molar-refractivity contribution in [3.05, 3.63) is 35.6 Å². The van der Waals surface area contributed by atoms with Gasteiger partial charge >= 0.3 is 0 Å². The van der Waals surface area contributed by atoms with E-state index in [0.29, 0.717) is 5.92 Å². The highest BCUT2D eigenvalue weighted by Crippen LogP contribution is 2.21. The van der Waals surface area contributed by atoms with Gasteiger partial charge in [-0.2, -0.15) is 0 Å². The minimum absolute atomic E-state index is 0.118. The van der Waals surface area contributed by atoms with Crippen LogP contribution < -0.4 is 5.32 Å². The van der Waals surface area contributed by atoms with Gasteiger partial charge in [-0.1, -0.05) is 25.5 Å². The first-order valence-corrected chi connectivity index (χ1v) is 6.75. The predicted molar refractivity (Wildman–Crippen MR) is 69.5 cm³/mol. The molecule has 1 fully saturated rings. The molecule has 0 bridgehead atoms. The lowest BCUT2D eigenvalue weighted by atomic mass is 9.95. The normalized spacial score (nSPS) is 17.1. The third-order valence-electron chi connectivity index (χ3n) is 3.38. The summed E-state index contributed by atoms with van der Waals surface area (Å²) in [6, 6.07) is 7.78. The second kappa shape index (κ2) is 6.15. The number of hydrogen-bond donors (Lipinski definition) is 1. The van der Waals surface area contributed by atoms with E-state index in [1.807, 2.05) is 12.1 Å². The van der Waals surface area contributed by atoms with E-state index in [2.05, 4.69) is 12.2 Å². The molecular formula is C15H22FN. The van der Waals surface area contributed by atoms with Crippen molar-refractivity contribution in [2.45, 2.75) is 45.1 Å². The van der Waals surface area contributed by atoms with Gasteiger partial charge in [-0.05, 0) is 55.8 Å². The van der Waals surface area contributed by atoms with E-state index in [1.165, 1.54) is 31.7 Å². The molecule has 0 aliphatic heterocycles. The lowest BCUT2D eigenvalue weighted by Gasteiger charge is -2.17. The van der Waals surface area contributed by atoms with E-state index in [0.717, 1.165) is 24.6 Å². The number of hydrogen-bond acceptors (Lipinski definition) is 1. The molecule has 0 radical (unpaired) electrons. The van der Waals surface area contributed by atoms with Gasteiger partial charge in [-0.15, -0.1) is 0 Å². The Morgan fingerprint density at radius 1 is 1.41 bits per heavy atom. The van der Waals surface area contributed by atoms with Gasteiger partial charge in [0.1, 0.15) is 5.82 Å². The molecular weight excluding hydrogens is 213 g/mol. The van der Waals surface area contributed by atoms with Crippen molar-refractivity contribution < 1.29 is 4.39 Å². The molecule has 0 heterocycles. The zero-order valence-electron chi connectivity index (χ0n) is 10.6. The Kier molecular flexibility index (Phi) is 4.55. The maximum Gasteiger partial charge on any atom is 0.123 e. The van der Waals surface area contributed by atoms with Crippen LogP contribution in [0.5, 0.6) is 0 Å². The quantitative estimate of drug-likeness (QED) is 0.762. The smallest absolute Gasteiger partial charge is 0.123 e. The third-order valence-corrected chi connectivity index (χ3v) is 3.38. The van der Waals surface area contributed by atoms with Crippen LogP contribution in [0, 0.1) is 11.7 Å². The van der Waals surface area contributed by atoms with Gasteiger partial charge in [0, 0.05) is 6.04 Å². The topological polar surface area (TPSA) is 12.0 Å². The molecule has 1 aliphatic carbocycles. The molecule has 1 unspecified atom stereocenters. The molecule has 0 amide bonds. The lowest BCUT2D eigenvalue weighted by molar-refractivity contribution is 0.436. The van der Waals surface area contributed by atoms with E-state index in [4.69, 9.17) is 0 Å². The summed E-state index contributed by atoms with van der Waals surface area (Å²) in [6.07, 6.45) is 6.07. The van der Waals surface area contributed by atoms with Gasteiger partial charge in [0.15, 0.2) is 0 Å².